The predicted molar refractivity (Wildman–Crippen MR) is 172 cm³/mol. The van der Waals surface area contributed by atoms with Crippen LogP contribution >= 0.6 is 11.8 Å². The molecule has 6 N–H and O–H groups in total. The number of hydrogen-bond acceptors (Lipinski definition) is 8. The van der Waals surface area contributed by atoms with E-state index in [0.29, 0.717) is 36.4 Å². The van der Waals surface area contributed by atoms with E-state index >= 15 is 0 Å². The van der Waals surface area contributed by atoms with Crippen molar-refractivity contribution >= 4 is 41.1 Å². The lowest BCUT2D eigenvalue weighted by Gasteiger charge is -2.47. The zero-order chi connectivity index (χ0) is 33.9. The number of benzene rings is 3. The van der Waals surface area contributed by atoms with Crippen LogP contribution in [0.4, 0.5) is 14.5 Å². The second-order valence-electron chi connectivity index (χ2n) is 10.8. The van der Waals surface area contributed by atoms with Crippen LogP contribution in [0.1, 0.15) is 42.5 Å². The van der Waals surface area contributed by atoms with Gasteiger partial charge in [-0.05, 0) is 85.5 Å². The van der Waals surface area contributed by atoms with Gasteiger partial charge in [0.05, 0.1) is 18.7 Å². The van der Waals surface area contributed by atoms with Gasteiger partial charge in [0.1, 0.15) is 28.7 Å². The number of unbranched alkanes of at least 4 members (excludes halogenated alkanes) is 1. The van der Waals surface area contributed by atoms with Crippen molar-refractivity contribution in [2.45, 2.75) is 42.7 Å². The second-order valence-corrected chi connectivity index (χ2v) is 12.0. The number of aliphatic hydroxyl groups is 1. The predicted octanol–water partition coefficient (Wildman–Crippen LogP) is 3.08. The molecule has 0 aliphatic carbocycles. The van der Waals surface area contributed by atoms with Crippen LogP contribution < -0.4 is 26.0 Å². The molecule has 1 saturated heterocycles. The number of carbonyl (C=O) groups excluding carboxylic acids is 3. The van der Waals surface area contributed by atoms with E-state index in [1.54, 1.807) is 29.2 Å². The molecular formula is C33H36F2N4O7S. The van der Waals surface area contributed by atoms with Gasteiger partial charge >= 0.3 is 5.97 Å². The molecule has 1 aliphatic rings. The summed E-state index contributed by atoms with van der Waals surface area (Å²) < 4.78 is 32.5. The highest BCUT2D eigenvalue weighted by atomic mass is 32.2. The van der Waals surface area contributed by atoms with Crippen LogP contribution in [-0.4, -0.2) is 70.6 Å². The Bertz CT molecular complexity index is 1530. The van der Waals surface area contributed by atoms with Gasteiger partial charge in [0.25, 0.3) is 5.91 Å². The van der Waals surface area contributed by atoms with Gasteiger partial charge in [-0.15, -0.1) is 11.8 Å². The Morgan fingerprint density at radius 1 is 0.936 bits per heavy atom. The normalized spacial score (nSPS) is 16.9. The number of hydrogen-bond donors (Lipinski definition) is 5. The maximum Gasteiger partial charge on any atom is 0.326 e. The molecule has 47 heavy (non-hydrogen) atoms. The molecule has 250 valence electrons. The Labute approximate surface area is 274 Å². The number of anilines is 1. The van der Waals surface area contributed by atoms with Crippen molar-refractivity contribution in [3.8, 4) is 5.75 Å². The third kappa shape index (κ3) is 9.73. The van der Waals surface area contributed by atoms with Crippen LogP contribution in [0.25, 0.3) is 0 Å². The van der Waals surface area contributed by atoms with Gasteiger partial charge in [-0.3, -0.25) is 14.4 Å². The number of ether oxygens (including phenoxy) is 1. The van der Waals surface area contributed by atoms with Gasteiger partial charge in [-0.1, -0.05) is 24.3 Å². The van der Waals surface area contributed by atoms with Crippen LogP contribution in [0.2, 0.25) is 0 Å². The van der Waals surface area contributed by atoms with Crippen molar-refractivity contribution in [3.05, 3.63) is 95.6 Å². The van der Waals surface area contributed by atoms with E-state index in [-0.39, 0.29) is 18.1 Å². The average molecular weight is 671 g/mol. The first-order valence-corrected chi connectivity index (χ1v) is 16.0. The van der Waals surface area contributed by atoms with Crippen molar-refractivity contribution in [3.63, 3.8) is 0 Å². The standard InChI is InChI=1S/C33H36F2N4O7S/c34-22-8-4-20(5-9-22)27(40)19-47-31-30(39(32(31)43)24-12-10-23(35)11-13-24)21-6-14-25(15-7-21)46-18-29(42)37-17-28(41)38-26(33(44)45)3-1-2-16-36/h4-15,26-27,30-31,40H,1-3,16-19,36H2,(H,37,42)(H,38,41)(H,44,45)/t26-,27?,30?,31-/m1/s1. The first-order valence-electron chi connectivity index (χ1n) is 14.9. The van der Waals surface area contributed by atoms with Crippen LogP contribution in [0.5, 0.6) is 5.75 Å². The molecule has 11 nitrogen and oxygen atoms in total. The number of aliphatic carboxylic acids is 1. The van der Waals surface area contributed by atoms with Crippen LogP contribution in [-0.2, 0) is 19.2 Å². The smallest absolute Gasteiger partial charge is 0.326 e. The van der Waals surface area contributed by atoms with E-state index < -0.39 is 66.0 Å². The van der Waals surface area contributed by atoms with Gasteiger partial charge in [0.2, 0.25) is 11.8 Å². The van der Waals surface area contributed by atoms with E-state index in [1.807, 2.05) is 0 Å². The number of aliphatic hydroxyl groups excluding tert-OH is 1. The lowest BCUT2D eigenvalue weighted by Crippen LogP contribution is -2.57. The number of halogens is 2. The van der Waals surface area contributed by atoms with Gasteiger partial charge in [-0.25, -0.2) is 13.6 Å². The molecule has 4 rings (SSSR count). The number of nitrogens with one attached hydrogen (secondary N) is 2. The molecule has 0 spiro atoms. The van der Waals surface area contributed by atoms with E-state index in [2.05, 4.69) is 10.6 Å². The number of thioether (sulfide) groups is 1. The van der Waals surface area contributed by atoms with Crippen LogP contribution in [0.3, 0.4) is 0 Å². The van der Waals surface area contributed by atoms with E-state index in [0.717, 1.165) is 5.56 Å². The molecule has 0 saturated carbocycles. The van der Waals surface area contributed by atoms with Gasteiger partial charge < -0.3 is 36.2 Å². The third-order valence-corrected chi connectivity index (χ3v) is 8.78. The summed E-state index contributed by atoms with van der Waals surface area (Å²) >= 11 is 1.26. The highest BCUT2D eigenvalue weighted by molar-refractivity contribution is 8.00. The number of carbonyl (C=O) groups is 4. The number of nitrogens with zero attached hydrogens (tertiary/aromatic N) is 1. The van der Waals surface area contributed by atoms with Crippen molar-refractivity contribution in [2.75, 3.05) is 30.3 Å². The summed E-state index contributed by atoms with van der Waals surface area (Å²) in [6.07, 6.45) is 0.456. The molecule has 4 atom stereocenters. The zero-order valence-corrected chi connectivity index (χ0v) is 26.1. The Kier molecular flexibility index (Phi) is 12.7. The first kappa shape index (κ1) is 35.3. The number of carboxylic acid groups (broad SMARTS) is 1. The van der Waals surface area contributed by atoms with Gasteiger partial charge in [-0.2, -0.15) is 0 Å². The fourth-order valence-electron chi connectivity index (χ4n) is 4.95. The summed E-state index contributed by atoms with van der Waals surface area (Å²) in [7, 11) is 0. The second kappa shape index (κ2) is 16.9. The number of carboxylic acids is 1. The minimum absolute atomic E-state index is 0.176. The van der Waals surface area contributed by atoms with E-state index in [9.17, 15) is 38.2 Å². The largest absolute Gasteiger partial charge is 0.484 e. The molecule has 3 aromatic carbocycles. The molecule has 1 heterocycles. The van der Waals surface area contributed by atoms with Crippen molar-refractivity contribution < 1.29 is 42.9 Å². The summed E-state index contributed by atoms with van der Waals surface area (Å²) in [6, 6.07) is 16.2. The molecule has 2 unspecified atom stereocenters. The quantitative estimate of drug-likeness (QED) is 0.107. The monoisotopic (exact) mass is 670 g/mol. The Balaban J connectivity index is 1.34. The molecule has 3 aromatic rings. The molecule has 1 fully saturated rings. The Hall–Kier alpha value is -4.53. The SMILES string of the molecule is NCCCC[C@@H](NC(=O)CNC(=O)COc1ccc(C2[C@@H](SCC(O)c3ccc(F)cc3)C(=O)N2c2ccc(F)cc2)cc1)C(=O)O. The average Bonchev–Trinajstić information content (AvgIpc) is 3.06. The van der Waals surface area contributed by atoms with Crippen molar-refractivity contribution in [1.82, 2.24) is 10.6 Å². The highest BCUT2D eigenvalue weighted by Crippen LogP contribution is 2.46. The Morgan fingerprint density at radius 2 is 1.57 bits per heavy atom. The molecule has 14 heteroatoms. The number of amides is 3. The summed E-state index contributed by atoms with van der Waals surface area (Å²) in [4.78, 5) is 50.6. The summed E-state index contributed by atoms with van der Waals surface area (Å²) in [6.45, 7) is -0.418. The molecule has 0 radical (unpaired) electrons. The van der Waals surface area contributed by atoms with Crippen LogP contribution in [0, 0.1) is 11.6 Å². The van der Waals surface area contributed by atoms with Gasteiger partial charge in [0, 0.05) is 11.4 Å². The molecule has 3 amide bonds. The zero-order valence-electron chi connectivity index (χ0n) is 25.3. The number of rotatable bonds is 17. The first-order chi connectivity index (χ1) is 22.6. The topological polar surface area (TPSA) is 171 Å². The molecular weight excluding hydrogens is 634 g/mol. The number of β-lactam (4-membered cyclic amide) rings is 1. The molecule has 0 bridgehead atoms. The Morgan fingerprint density at radius 3 is 2.19 bits per heavy atom. The fourth-order valence-corrected chi connectivity index (χ4v) is 6.25. The van der Waals surface area contributed by atoms with Gasteiger partial charge in [0.15, 0.2) is 6.61 Å². The van der Waals surface area contributed by atoms with Crippen molar-refractivity contribution in [1.29, 1.82) is 0 Å². The summed E-state index contributed by atoms with van der Waals surface area (Å²) in [5, 5.41) is 24.1. The molecule has 1 aliphatic heterocycles. The third-order valence-electron chi connectivity index (χ3n) is 7.46. The van der Waals surface area contributed by atoms with E-state index in [4.69, 9.17) is 10.5 Å². The summed E-state index contributed by atoms with van der Waals surface area (Å²) in [5.74, 6) is -2.99. The maximum atomic E-state index is 13.6. The highest BCUT2D eigenvalue weighted by Gasteiger charge is 2.49. The van der Waals surface area contributed by atoms with Crippen molar-refractivity contribution in [2.24, 2.45) is 5.73 Å². The molecule has 0 aromatic heterocycles. The van der Waals surface area contributed by atoms with Crippen LogP contribution in [0.15, 0.2) is 72.8 Å². The minimum atomic E-state index is -1.17. The maximum absolute atomic E-state index is 13.6. The summed E-state index contributed by atoms with van der Waals surface area (Å²) in [5.41, 5.74) is 7.18. The van der Waals surface area contributed by atoms with E-state index in [1.165, 1.54) is 60.3 Å². The lowest BCUT2D eigenvalue weighted by atomic mass is 9.92. The minimum Gasteiger partial charge on any atom is -0.484 e. The number of nitrogens with two attached hydrogens (primary N) is 1. The lowest BCUT2D eigenvalue weighted by molar-refractivity contribution is -0.142. The fraction of sp³-hybridized carbons (Fsp3) is 0.333.